The maximum Gasteiger partial charge on any atom is 0.320 e. The van der Waals surface area contributed by atoms with Gasteiger partial charge in [-0.2, -0.15) is 4.39 Å². The third kappa shape index (κ3) is 3.75. The Morgan fingerprint density at radius 1 is 1.43 bits per heavy atom. The van der Waals surface area contributed by atoms with Crippen molar-refractivity contribution in [2.45, 2.75) is 38.3 Å². The molecule has 1 fully saturated rings. The number of nitrogens with zero attached hydrogens (tertiary/aromatic N) is 2. The molecule has 1 aromatic rings. The number of likely N-dealkylation sites (tertiary alicyclic amines) is 1. The molecule has 6 nitrogen and oxygen atoms in total. The van der Waals surface area contributed by atoms with Crippen LogP contribution in [0.15, 0.2) is 18.2 Å². The SMILES string of the molecule is O=C(O)C1CCCCCN1Cc1ccc([N+](=O)[O-])c(F)c1. The Kier molecular flexibility index (Phi) is 4.85. The minimum atomic E-state index is -0.890. The fraction of sp³-hybridized carbons (Fsp3) is 0.500. The van der Waals surface area contributed by atoms with Crippen LogP contribution >= 0.6 is 0 Å². The highest BCUT2D eigenvalue weighted by Gasteiger charge is 2.27. The van der Waals surface area contributed by atoms with Crippen LogP contribution in [0.1, 0.15) is 31.2 Å². The quantitative estimate of drug-likeness (QED) is 0.682. The van der Waals surface area contributed by atoms with Gasteiger partial charge in [-0.3, -0.25) is 19.8 Å². The molecule has 1 heterocycles. The van der Waals surface area contributed by atoms with Gasteiger partial charge in [0.15, 0.2) is 0 Å². The summed E-state index contributed by atoms with van der Waals surface area (Å²) in [6.45, 7) is 0.918. The summed E-state index contributed by atoms with van der Waals surface area (Å²) in [6, 6.07) is 3.14. The van der Waals surface area contributed by atoms with Gasteiger partial charge >= 0.3 is 11.7 Å². The van der Waals surface area contributed by atoms with Crippen molar-refractivity contribution in [3.8, 4) is 0 Å². The van der Waals surface area contributed by atoms with E-state index in [1.54, 1.807) is 4.90 Å². The molecule has 1 aromatic carbocycles. The van der Waals surface area contributed by atoms with Crippen molar-refractivity contribution in [2.24, 2.45) is 0 Å². The van der Waals surface area contributed by atoms with Gasteiger partial charge < -0.3 is 5.11 Å². The van der Waals surface area contributed by atoms with Crippen molar-refractivity contribution in [3.05, 3.63) is 39.7 Å². The topological polar surface area (TPSA) is 83.7 Å². The lowest BCUT2D eigenvalue weighted by atomic mass is 10.1. The molecule has 0 amide bonds. The number of aliphatic carboxylic acids is 1. The molecule has 0 aliphatic carbocycles. The molecule has 1 N–H and O–H groups in total. The average Bonchev–Trinajstić information content (AvgIpc) is 2.63. The van der Waals surface area contributed by atoms with Crippen LogP contribution < -0.4 is 0 Å². The Morgan fingerprint density at radius 3 is 2.81 bits per heavy atom. The van der Waals surface area contributed by atoms with Gasteiger partial charge in [0.2, 0.25) is 5.82 Å². The molecule has 2 rings (SSSR count). The highest BCUT2D eigenvalue weighted by Crippen LogP contribution is 2.22. The summed E-state index contributed by atoms with van der Waals surface area (Å²) in [7, 11) is 0. The molecule has 21 heavy (non-hydrogen) atoms. The summed E-state index contributed by atoms with van der Waals surface area (Å²) in [5.41, 5.74) is -0.0179. The molecule has 1 unspecified atom stereocenters. The van der Waals surface area contributed by atoms with Crippen molar-refractivity contribution < 1.29 is 19.2 Å². The van der Waals surface area contributed by atoms with Crippen LogP contribution in [0.5, 0.6) is 0 Å². The largest absolute Gasteiger partial charge is 0.480 e. The standard InChI is InChI=1S/C14H17FN2O4/c15-11-8-10(5-6-12(11)17(20)21)9-16-7-3-1-2-4-13(16)14(18)19/h5-6,8,13H,1-4,7,9H2,(H,18,19). The van der Waals surface area contributed by atoms with Crippen LogP contribution in [-0.2, 0) is 11.3 Å². The Hall–Kier alpha value is -2.02. The summed E-state index contributed by atoms with van der Waals surface area (Å²) in [5.74, 6) is -1.77. The zero-order valence-corrected chi connectivity index (χ0v) is 11.5. The fourth-order valence-electron chi connectivity index (χ4n) is 2.67. The third-order valence-electron chi connectivity index (χ3n) is 3.74. The number of rotatable bonds is 4. The van der Waals surface area contributed by atoms with Crippen LogP contribution in [0.25, 0.3) is 0 Å². The first-order valence-electron chi connectivity index (χ1n) is 6.88. The number of nitro benzene ring substituents is 1. The van der Waals surface area contributed by atoms with E-state index < -0.39 is 28.4 Å². The van der Waals surface area contributed by atoms with Crippen molar-refractivity contribution >= 4 is 11.7 Å². The molecule has 1 atom stereocenters. The number of carboxylic acid groups (broad SMARTS) is 1. The van der Waals surface area contributed by atoms with E-state index in [0.717, 1.165) is 31.4 Å². The van der Waals surface area contributed by atoms with E-state index in [2.05, 4.69) is 0 Å². The second-order valence-electron chi connectivity index (χ2n) is 5.22. The summed E-state index contributed by atoms with van der Waals surface area (Å²) in [5, 5.41) is 19.9. The van der Waals surface area contributed by atoms with Crippen molar-refractivity contribution in [1.82, 2.24) is 4.90 Å². The van der Waals surface area contributed by atoms with Crippen LogP contribution in [-0.4, -0.2) is 33.5 Å². The third-order valence-corrected chi connectivity index (χ3v) is 3.74. The normalized spacial score (nSPS) is 20.0. The Balaban J connectivity index is 2.16. The molecular weight excluding hydrogens is 279 g/mol. The van der Waals surface area contributed by atoms with Crippen molar-refractivity contribution in [1.29, 1.82) is 0 Å². The zero-order chi connectivity index (χ0) is 15.4. The predicted molar refractivity (Wildman–Crippen MR) is 73.4 cm³/mol. The average molecular weight is 296 g/mol. The van der Waals surface area contributed by atoms with E-state index >= 15 is 0 Å². The van der Waals surface area contributed by atoms with E-state index in [4.69, 9.17) is 0 Å². The van der Waals surface area contributed by atoms with Gasteiger partial charge in [0.05, 0.1) is 4.92 Å². The first-order chi connectivity index (χ1) is 9.99. The first-order valence-corrected chi connectivity index (χ1v) is 6.88. The fourth-order valence-corrected chi connectivity index (χ4v) is 2.67. The second-order valence-corrected chi connectivity index (χ2v) is 5.22. The molecule has 7 heteroatoms. The molecule has 114 valence electrons. The molecule has 1 aliphatic heterocycles. The zero-order valence-electron chi connectivity index (χ0n) is 11.5. The van der Waals surface area contributed by atoms with E-state index in [-0.39, 0.29) is 6.54 Å². The summed E-state index contributed by atoms with van der Waals surface area (Å²) in [4.78, 5) is 22.9. The minimum Gasteiger partial charge on any atom is -0.480 e. The molecule has 0 aromatic heterocycles. The van der Waals surface area contributed by atoms with Crippen LogP contribution in [0.2, 0.25) is 0 Å². The molecule has 0 bridgehead atoms. The highest BCUT2D eigenvalue weighted by molar-refractivity contribution is 5.73. The molecule has 1 aliphatic rings. The molecule has 1 saturated heterocycles. The smallest absolute Gasteiger partial charge is 0.320 e. The molecular formula is C14H17FN2O4. The van der Waals surface area contributed by atoms with Gasteiger partial charge in [-0.1, -0.05) is 18.9 Å². The van der Waals surface area contributed by atoms with Crippen LogP contribution in [0, 0.1) is 15.9 Å². The van der Waals surface area contributed by atoms with E-state index in [1.807, 2.05) is 0 Å². The van der Waals surface area contributed by atoms with Crippen LogP contribution in [0.3, 0.4) is 0 Å². The summed E-state index contributed by atoms with van der Waals surface area (Å²) < 4.78 is 13.6. The predicted octanol–water partition coefficient (Wildman–Crippen LogP) is 2.56. The lowest BCUT2D eigenvalue weighted by molar-refractivity contribution is -0.387. The van der Waals surface area contributed by atoms with Gasteiger partial charge in [0.25, 0.3) is 0 Å². The Labute approximate surface area is 121 Å². The number of carboxylic acids is 1. The Morgan fingerprint density at radius 2 is 2.19 bits per heavy atom. The van der Waals surface area contributed by atoms with E-state index in [0.29, 0.717) is 18.5 Å². The lowest BCUT2D eigenvalue weighted by Gasteiger charge is -2.26. The van der Waals surface area contributed by atoms with Crippen molar-refractivity contribution in [3.63, 3.8) is 0 Å². The maximum atomic E-state index is 13.6. The van der Waals surface area contributed by atoms with Gasteiger partial charge in [0, 0.05) is 12.6 Å². The van der Waals surface area contributed by atoms with Gasteiger partial charge in [-0.05, 0) is 31.0 Å². The monoisotopic (exact) mass is 296 g/mol. The summed E-state index contributed by atoms with van der Waals surface area (Å²) >= 11 is 0. The number of benzene rings is 1. The van der Waals surface area contributed by atoms with Gasteiger partial charge in [-0.15, -0.1) is 0 Å². The number of hydrogen-bond acceptors (Lipinski definition) is 4. The molecule has 0 saturated carbocycles. The number of hydrogen-bond donors (Lipinski definition) is 1. The highest BCUT2D eigenvalue weighted by atomic mass is 19.1. The molecule has 0 spiro atoms. The molecule has 0 radical (unpaired) electrons. The van der Waals surface area contributed by atoms with Crippen molar-refractivity contribution in [2.75, 3.05) is 6.54 Å². The second kappa shape index (κ2) is 6.62. The van der Waals surface area contributed by atoms with Crippen LogP contribution in [0.4, 0.5) is 10.1 Å². The van der Waals surface area contributed by atoms with Gasteiger partial charge in [0.1, 0.15) is 6.04 Å². The first kappa shape index (κ1) is 15.4. The van der Waals surface area contributed by atoms with E-state index in [9.17, 15) is 24.4 Å². The van der Waals surface area contributed by atoms with E-state index in [1.165, 1.54) is 6.07 Å². The number of carbonyl (C=O) groups is 1. The number of nitro groups is 1. The minimum absolute atomic E-state index is 0.284. The maximum absolute atomic E-state index is 13.6. The lowest BCUT2D eigenvalue weighted by Crippen LogP contribution is -2.40. The Bertz CT molecular complexity index is 550. The number of halogens is 1. The van der Waals surface area contributed by atoms with Gasteiger partial charge in [-0.25, -0.2) is 0 Å². The summed E-state index contributed by atoms with van der Waals surface area (Å²) in [6.07, 6.45) is 3.32.